The molecule has 6 nitrogen and oxygen atoms in total. The first-order valence-electron chi connectivity index (χ1n) is 9.02. The number of carbonyl (C=O) groups is 1. The number of aromatic nitrogens is 2. The second-order valence-corrected chi connectivity index (χ2v) is 6.78. The minimum Gasteiger partial charge on any atom is -0.465 e. The van der Waals surface area contributed by atoms with Gasteiger partial charge in [0.05, 0.1) is 18.4 Å². The Bertz CT molecular complexity index is 1010. The molecule has 3 rings (SSSR count). The minimum absolute atomic E-state index is 0.405. The van der Waals surface area contributed by atoms with E-state index in [-0.39, 0.29) is 0 Å². The van der Waals surface area contributed by atoms with Gasteiger partial charge in [-0.25, -0.2) is 9.78 Å². The van der Waals surface area contributed by atoms with Crippen molar-refractivity contribution in [1.29, 1.82) is 0 Å². The number of carbonyl (C=O) groups excluding carboxylic acids is 1. The Hall–Kier alpha value is -3.41. The monoisotopic (exact) mass is 376 g/mol. The topological polar surface area (TPSA) is 76.1 Å². The van der Waals surface area contributed by atoms with Crippen molar-refractivity contribution in [3.63, 3.8) is 0 Å². The molecule has 0 spiro atoms. The molecule has 0 fully saturated rings. The van der Waals surface area contributed by atoms with Gasteiger partial charge < -0.3 is 15.4 Å². The summed E-state index contributed by atoms with van der Waals surface area (Å²) in [7, 11) is 1.36. The van der Waals surface area contributed by atoms with Crippen molar-refractivity contribution in [2.45, 2.75) is 27.7 Å². The highest BCUT2D eigenvalue weighted by Crippen LogP contribution is 2.26. The third-order valence-electron chi connectivity index (χ3n) is 4.36. The fourth-order valence-corrected chi connectivity index (χ4v) is 3.20. The number of ether oxygens (including phenoxy) is 1. The van der Waals surface area contributed by atoms with E-state index in [9.17, 15) is 4.79 Å². The third kappa shape index (κ3) is 4.28. The van der Waals surface area contributed by atoms with Crippen molar-refractivity contribution in [3.05, 3.63) is 70.4 Å². The summed E-state index contributed by atoms with van der Waals surface area (Å²) >= 11 is 0. The van der Waals surface area contributed by atoms with E-state index < -0.39 is 5.97 Å². The maximum Gasteiger partial charge on any atom is 0.339 e. The predicted octanol–water partition coefficient (Wildman–Crippen LogP) is 4.98. The quantitative estimate of drug-likeness (QED) is 0.611. The van der Waals surface area contributed by atoms with Crippen LogP contribution in [0, 0.1) is 27.7 Å². The highest BCUT2D eigenvalue weighted by Gasteiger charge is 2.13. The fraction of sp³-hybridized carbons (Fsp3) is 0.227. The predicted molar refractivity (Wildman–Crippen MR) is 112 cm³/mol. The average Bonchev–Trinajstić information content (AvgIpc) is 2.64. The van der Waals surface area contributed by atoms with Crippen LogP contribution >= 0.6 is 0 Å². The van der Waals surface area contributed by atoms with Gasteiger partial charge in [0.25, 0.3) is 0 Å². The number of esters is 1. The number of anilines is 4. The molecule has 0 unspecified atom stereocenters. The van der Waals surface area contributed by atoms with Gasteiger partial charge >= 0.3 is 5.97 Å². The number of methoxy groups -OCH3 is 1. The highest BCUT2D eigenvalue weighted by molar-refractivity contribution is 5.96. The molecule has 0 amide bonds. The Morgan fingerprint density at radius 1 is 0.929 bits per heavy atom. The van der Waals surface area contributed by atoms with E-state index in [0.717, 1.165) is 22.5 Å². The number of benzene rings is 2. The molecule has 6 heteroatoms. The van der Waals surface area contributed by atoms with Crippen molar-refractivity contribution in [2.24, 2.45) is 0 Å². The van der Waals surface area contributed by atoms with Crippen LogP contribution in [-0.4, -0.2) is 23.0 Å². The van der Waals surface area contributed by atoms with Crippen LogP contribution in [0.2, 0.25) is 0 Å². The Morgan fingerprint density at radius 3 is 2.29 bits per heavy atom. The zero-order valence-electron chi connectivity index (χ0n) is 16.8. The summed E-state index contributed by atoms with van der Waals surface area (Å²) in [4.78, 5) is 21.1. The second kappa shape index (κ2) is 8.08. The highest BCUT2D eigenvalue weighted by atomic mass is 16.5. The zero-order chi connectivity index (χ0) is 20.3. The summed E-state index contributed by atoms with van der Waals surface area (Å²) in [6, 6.07) is 13.2. The molecule has 0 saturated carbocycles. The number of hydrogen-bond acceptors (Lipinski definition) is 6. The molecule has 0 saturated heterocycles. The normalized spacial score (nSPS) is 10.5. The molecule has 0 aliphatic carbocycles. The Labute approximate surface area is 165 Å². The van der Waals surface area contributed by atoms with Crippen LogP contribution in [-0.2, 0) is 4.74 Å². The zero-order valence-corrected chi connectivity index (χ0v) is 16.8. The molecular weight excluding hydrogens is 352 g/mol. The van der Waals surface area contributed by atoms with Gasteiger partial charge in [-0.05, 0) is 51.0 Å². The van der Waals surface area contributed by atoms with Gasteiger partial charge in [-0.1, -0.05) is 29.8 Å². The van der Waals surface area contributed by atoms with E-state index in [1.165, 1.54) is 12.7 Å². The van der Waals surface area contributed by atoms with Crippen molar-refractivity contribution in [3.8, 4) is 0 Å². The number of hydrogen-bond donors (Lipinski definition) is 2. The van der Waals surface area contributed by atoms with Crippen LogP contribution < -0.4 is 10.6 Å². The molecule has 1 heterocycles. The molecule has 0 atom stereocenters. The first-order valence-corrected chi connectivity index (χ1v) is 9.02. The van der Waals surface area contributed by atoms with E-state index in [2.05, 4.69) is 53.5 Å². The Kier molecular flexibility index (Phi) is 5.59. The number of aryl methyl sites for hydroxylation is 4. The Morgan fingerprint density at radius 2 is 1.61 bits per heavy atom. The molecule has 0 aliphatic heterocycles. The molecule has 2 N–H and O–H groups in total. The van der Waals surface area contributed by atoms with E-state index in [4.69, 9.17) is 4.74 Å². The van der Waals surface area contributed by atoms with E-state index in [1.54, 1.807) is 12.1 Å². The van der Waals surface area contributed by atoms with Gasteiger partial charge in [0.1, 0.15) is 5.82 Å². The van der Waals surface area contributed by atoms with Crippen molar-refractivity contribution >= 4 is 29.1 Å². The van der Waals surface area contributed by atoms with Gasteiger partial charge in [0.15, 0.2) is 0 Å². The summed E-state index contributed by atoms with van der Waals surface area (Å²) < 4.78 is 4.85. The number of rotatable bonds is 5. The molecule has 144 valence electrons. The molecule has 0 aliphatic rings. The van der Waals surface area contributed by atoms with Gasteiger partial charge in [0.2, 0.25) is 5.95 Å². The first-order chi connectivity index (χ1) is 13.4. The van der Waals surface area contributed by atoms with Crippen molar-refractivity contribution in [2.75, 3.05) is 17.7 Å². The van der Waals surface area contributed by atoms with Crippen molar-refractivity contribution < 1.29 is 9.53 Å². The van der Waals surface area contributed by atoms with Crippen LogP contribution in [0.4, 0.5) is 23.1 Å². The lowest BCUT2D eigenvalue weighted by Crippen LogP contribution is -2.08. The van der Waals surface area contributed by atoms with E-state index >= 15 is 0 Å². The molecule has 1 aromatic heterocycles. The second-order valence-electron chi connectivity index (χ2n) is 6.78. The minimum atomic E-state index is -0.405. The lowest BCUT2D eigenvalue weighted by atomic mass is 10.1. The average molecular weight is 376 g/mol. The summed E-state index contributed by atoms with van der Waals surface area (Å²) in [5.74, 6) is 0.681. The van der Waals surface area contributed by atoms with E-state index in [1.807, 2.05) is 25.1 Å². The van der Waals surface area contributed by atoms with Crippen LogP contribution in [0.15, 0.2) is 42.5 Å². The third-order valence-corrected chi connectivity index (χ3v) is 4.36. The molecular formula is C22H24N4O2. The lowest BCUT2D eigenvalue weighted by Gasteiger charge is -2.15. The molecule has 2 aromatic carbocycles. The fourth-order valence-electron chi connectivity index (χ4n) is 3.20. The van der Waals surface area contributed by atoms with Gasteiger partial charge in [0, 0.05) is 17.4 Å². The first kappa shape index (κ1) is 19.4. The molecule has 0 bridgehead atoms. The largest absolute Gasteiger partial charge is 0.465 e. The van der Waals surface area contributed by atoms with E-state index in [0.29, 0.717) is 23.0 Å². The SMILES string of the molecule is COC(=O)c1ccccc1Nc1cc(C)nc(Nc2c(C)cc(C)cc2C)n1. The van der Waals surface area contributed by atoms with Gasteiger partial charge in [-0.15, -0.1) is 0 Å². The standard InChI is InChI=1S/C22H24N4O2/c1-13-10-14(2)20(15(3)11-13)26-22-23-16(4)12-19(25-22)24-18-9-7-6-8-17(18)21(27)28-5/h6-12H,1-5H3,(H2,23,24,25,26). The van der Waals surface area contributed by atoms with Gasteiger partial charge in [-0.2, -0.15) is 4.98 Å². The maximum absolute atomic E-state index is 12.0. The molecule has 0 radical (unpaired) electrons. The lowest BCUT2D eigenvalue weighted by molar-refractivity contribution is 0.0602. The van der Waals surface area contributed by atoms with Crippen LogP contribution in [0.5, 0.6) is 0 Å². The summed E-state index contributed by atoms with van der Waals surface area (Å²) in [5.41, 5.74) is 6.35. The number of nitrogens with one attached hydrogen (secondary N) is 2. The number of para-hydroxylation sites is 1. The summed E-state index contributed by atoms with van der Waals surface area (Å²) in [6.45, 7) is 8.10. The summed E-state index contributed by atoms with van der Waals surface area (Å²) in [6.07, 6.45) is 0. The molecule has 28 heavy (non-hydrogen) atoms. The van der Waals surface area contributed by atoms with Gasteiger partial charge in [-0.3, -0.25) is 0 Å². The van der Waals surface area contributed by atoms with Crippen LogP contribution in [0.25, 0.3) is 0 Å². The van der Waals surface area contributed by atoms with Crippen LogP contribution in [0.3, 0.4) is 0 Å². The summed E-state index contributed by atoms with van der Waals surface area (Å²) in [5, 5.41) is 6.53. The molecule has 3 aromatic rings. The Balaban J connectivity index is 1.93. The van der Waals surface area contributed by atoms with Crippen molar-refractivity contribution in [1.82, 2.24) is 9.97 Å². The van der Waals surface area contributed by atoms with Crippen LogP contribution in [0.1, 0.15) is 32.7 Å². The smallest absolute Gasteiger partial charge is 0.339 e. The number of nitrogens with zero attached hydrogens (tertiary/aromatic N) is 2. The maximum atomic E-state index is 12.0.